The van der Waals surface area contributed by atoms with Gasteiger partial charge in [-0.25, -0.2) is 13.1 Å². The van der Waals surface area contributed by atoms with Crippen LogP contribution in [0, 0.1) is 0 Å². The molecule has 1 aromatic rings. The van der Waals surface area contributed by atoms with Crippen LogP contribution in [0.15, 0.2) is 23.1 Å². The first-order chi connectivity index (χ1) is 8.88. The maximum absolute atomic E-state index is 12.2. The summed E-state index contributed by atoms with van der Waals surface area (Å²) in [4.78, 5) is 0.267. The number of benzene rings is 1. The molecule has 0 saturated heterocycles. The van der Waals surface area contributed by atoms with Crippen molar-refractivity contribution in [2.45, 2.75) is 31.0 Å². The van der Waals surface area contributed by atoms with Gasteiger partial charge in [-0.15, -0.1) is 0 Å². The number of nitrogens with one attached hydrogen (secondary N) is 2. The van der Waals surface area contributed by atoms with E-state index in [-0.39, 0.29) is 10.9 Å². The minimum atomic E-state index is -3.54. The van der Waals surface area contributed by atoms with Crippen molar-refractivity contribution in [2.24, 2.45) is 0 Å². The highest BCUT2D eigenvalue weighted by Crippen LogP contribution is 2.20. The number of hydrogen-bond donors (Lipinski definition) is 2. The fourth-order valence-electron chi connectivity index (χ4n) is 2.16. The number of fused-ring (bicyclic) bond motifs is 1. The molecule has 2 unspecified atom stereocenters. The molecule has 2 atom stereocenters. The summed E-state index contributed by atoms with van der Waals surface area (Å²) in [7, 11) is -4.56. The maximum atomic E-state index is 12.2. The normalized spacial score (nSPS) is 18.0. The maximum Gasteiger partial charge on any atom is 0.240 e. The van der Waals surface area contributed by atoms with Gasteiger partial charge in [0, 0.05) is 41.9 Å². The van der Waals surface area contributed by atoms with Crippen molar-refractivity contribution in [3.05, 3.63) is 29.3 Å². The lowest BCUT2D eigenvalue weighted by Crippen LogP contribution is -2.36. The van der Waals surface area contributed by atoms with Crippen molar-refractivity contribution in [1.29, 1.82) is 0 Å². The second-order valence-corrected chi connectivity index (χ2v) is 7.99. The molecule has 0 bridgehead atoms. The summed E-state index contributed by atoms with van der Waals surface area (Å²) in [5.41, 5.74) is 2.16. The molecule has 0 aromatic heterocycles. The molecule has 2 rings (SSSR count). The highest BCUT2D eigenvalue weighted by Gasteiger charge is 2.20. The Hall–Kier alpha value is -0.760. The Bertz CT molecular complexity index is 599. The third kappa shape index (κ3) is 3.62. The van der Waals surface area contributed by atoms with Crippen LogP contribution in [0.5, 0.6) is 0 Å². The van der Waals surface area contributed by atoms with E-state index in [0.29, 0.717) is 12.3 Å². The molecule has 7 heteroatoms. The minimum Gasteiger partial charge on any atom is -0.309 e. The van der Waals surface area contributed by atoms with Crippen LogP contribution < -0.4 is 10.0 Å². The van der Waals surface area contributed by atoms with Gasteiger partial charge in [0.15, 0.2) is 0 Å². The lowest BCUT2D eigenvalue weighted by atomic mass is 10.1. The third-order valence-corrected chi connectivity index (χ3v) is 5.52. The quantitative estimate of drug-likeness (QED) is 0.822. The smallest absolute Gasteiger partial charge is 0.240 e. The summed E-state index contributed by atoms with van der Waals surface area (Å²) < 4.78 is 38.0. The highest BCUT2D eigenvalue weighted by atomic mass is 32.2. The minimum absolute atomic E-state index is 0.267. The van der Waals surface area contributed by atoms with E-state index >= 15 is 0 Å². The van der Waals surface area contributed by atoms with Gasteiger partial charge in [0.25, 0.3) is 0 Å². The standard InChI is InChI=1S/C12H18N2O3S2/c1-9(8-18(2)15)14-19(16,17)12-4-3-10-6-13-7-11(10)5-12/h3-5,9,13-14H,6-8H2,1-2H3. The van der Waals surface area contributed by atoms with Crippen molar-refractivity contribution in [3.8, 4) is 0 Å². The van der Waals surface area contributed by atoms with Gasteiger partial charge in [0.05, 0.1) is 4.90 Å². The molecule has 5 nitrogen and oxygen atoms in total. The van der Waals surface area contributed by atoms with Gasteiger partial charge < -0.3 is 5.32 Å². The van der Waals surface area contributed by atoms with E-state index in [1.54, 1.807) is 25.3 Å². The molecule has 0 spiro atoms. The zero-order valence-electron chi connectivity index (χ0n) is 11.0. The van der Waals surface area contributed by atoms with Crippen molar-refractivity contribution in [3.63, 3.8) is 0 Å². The molecule has 0 radical (unpaired) electrons. The Kier molecular flexibility index (Phi) is 4.39. The summed E-state index contributed by atoms with van der Waals surface area (Å²) in [5, 5.41) is 3.18. The zero-order chi connectivity index (χ0) is 14.0. The average molecular weight is 302 g/mol. The van der Waals surface area contributed by atoms with Gasteiger partial charge in [-0.3, -0.25) is 4.21 Å². The molecule has 2 N–H and O–H groups in total. The Morgan fingerprint density at radius 2 is 2.05 bits per heavy atom. The molecule has 1 heterocycles. The first-order valence-corrected chi connectivity index (χ1v) is 9.24. The van der Waals surface area contributed by atoms with Crippen LogP contribution in [0.2, 0.25) is 0 Å². The number of hydrogen-bond acceptors (Lipinski definition) is 4. The van der Waals surface area contributed by atoms with E-state index in [2.05, 4.69) is 10.0 Å². The van der Waals surface area contributed by atoms with E-state index in [1.807, 2.05) is 6.07 Å². The van der Waals surface area contributed by atoms with Gasteiger partial charge in [-0.1, -0.05) is 6.07 Å². The van der Waals surface area contributed by atoms with Gasteiger partial charge >= 0.3 is 0 Å². The Balaban J connectivity index is 2.18. The van der Waals surface area contributed by atoms with E-state index in [0.717, 1.165) is 17.7 Å². The Morgan fingerprint density at radius 1 is 1.37 bits per heavy atom. The molecular weight excluding hydrogens is 284 g/mol. The highest BCUT2D eigenvalue weighted by molar-refractivity contribution is 7.89. The van der Waals surface area contributed by atoms with Crippen LogP contribution in [0.4, 0.5) is 0 Å². The molecule has 1 aromatic carbocycles. The first kappa shape index (κ1) is 14.6. The lowest BCUT2D eigenvalue weighted by molar-refractivity contribution is 0.570. The predicted octanol–water partition coefficient (Wildman–Crippen LogP) is 0.335. The molecular formula is C12H18N2O3S2. The lowest BCUT2D eigenvalue weighted by Gasteiger charge is -2.13. The van der Waals surface area contributed by atoms with Gasteiger partial charge in [0.2, 0.25) is 10.0 Å². The van der Waals surface area contributed by atoms with E-state index in [9.17, 15) is 12.6 Å². The zero-order valence-corrected chi connectivity index (χ0v) is 12.6. The van der Waals surface area contributed by atoms with Gasteiger partial charge in [-0.05, 0) is 30.2 Å². The second-order valence-electron chi connectivity index (χ2n) is 4.80. The molecule has 1 aliphatic heterocycles. The average Bonchev–Trinajstić information content (AvgIpc) is 2.73. The fraction of sp³-hybridized carbons (Fsp3) is 0.500. The van der Waals surface area contributed by atoms with E-state index in [4.69, 9.17) is 0 Å². The second kappa shape index (κ2) is 5.70. The summed E-state index contributed by atoms with van der Waals surface area (Å²) in [5.74, 6) is 0.311. The summed E-state index contributed by atoms with van der Waals surface area (Å²) in [6, 6.07) is 4.81. The molecule has 0 aliphatic carbocycles. The molecule has 0 fully saturated rings. The fourth-order valence-corrected chi connectivity index (χ4v) is 4.34. The summed E-state index contributed by atoms with van der Waals surface area (Å²) >= 11 is 0. The van der Waals surface area contributed by atoms with Crippen LogP contribution >= 0.6 is 0 Å². The molecule has 0 amide bonds. The number of rotatable bonds is 5. The largest absolute Gasteiger partial charge is 0.309 e. The van der Waals surface area contributed by atoms with Gasteiger partial charge in [0.1, 0.15) is 0 Å². The summed E-state index contributed by atoms with van der Waals surface area (Å²) in [6.45, 7) is 3.20. The van der Waals surface area contributed by atoms with Crippen molar-refractivity contribution < 1.29 is 12.6 Å². The topological polar surface area (TPSA) is 75.3 Å². The third-order valence-electron chi connectivity index (χ3n) is 2.96. The van der Waals surface area contributed by atoms with Crippen molar-refractivity contribution in [1.82, 2.24) is 10.0 Å². The monoisotopic (exact) mass is 302 g/mol. The Labute approximate surface area is 116 Å². The molecule has 0 saturated carbocycles. The van der Waals surface area contributed by atoms with Crippen LogP contribution in [-0.4, -0.2) is 30.7 Å². The van der Waals surface area contributed by atoms with Crippen LogP contribution in [-0.2, 0) is 33.9 Å². The van der Waals surface area contributed by atoms with Gasteiger partial charge in [-0.2, -0.15) is 0 Å². The molecule has 106 valence electrons. The Morgan fingerprint density at radius 3 is 2.74 bits per heavy atom. The summed E-state index contributed by atoms with van der Waals surface area (Å²) in [6.07, 6.45) is 1.56. The molecule has 19 heavy (non-hydrogen) atoms. The first-order valence-electron chi connectivity index (χ1n) is 6.03. The molecule has 1 aliphatic rings. The number of sulfonamides is 1. The predicted molar refractivity (Wildman–Crippen MR) is 75.7 cm³/mol. The van der Waals surface area contributed by atoms with Crippen molar-refractivity contribution >= 4 is 20.8 Å². The van der Waals surface area contributed by atoms with Crippen LogP contribution in [0.3, 0.4) is 0 Å². The van der Waals surface area contributed by atoms with Crippen LogP contribution in [0.25, 0.3) is 0 Å². The van der Waals surface area contributed by atoms with Crippen molar-refractivity contribution in [2.75, 3.05) is 12.0 Å². The van der Waals surface area contributed by atoms with Crippen LogP contribution in [0.1, 0.15) is 18.1 Å². The van der Waals surface area contributed by atoms with E-state index < -0.39 is 20.8 Å². The van der Waals surface area contributed by atoms with E-state index in [1.165, 1.54) is 0 Å². The SMILES string of the molecule is CC(CS(C)=O)NS(=O)(=O)c1ccc2c(c1)CNC2.